The molecule has 0 spiro atoms. The van der Waals surface area contributed by atoms with Crippen molar-refractivity contribution in [1.82, 2.24) is 9.97 Å². The van der Waals surface area contributed by atoms with Gasteiger partial charge < -0.3 is 14.9 Å². The molecule has 2 heterocycles. The van der Waals surface area contributed by atoms with E-state index in [1.165, 1.54) is 6.07 Å². The lowest BCUT2D eigenvalue weighted by Gasteiger charge is -2.18. The Labute approximate surface area is 143 Å². The van der Waals surface area contributed by atoms with Crippen LogP contribution in [-0.4, -0.2) is 48.2 Å². The minimum absolute atomic E-state index is 0.160. The molecule has 2 aromatic rings. The molecule has 0 amide bonds. The molecule has 8 heteroatoms. The molecule has 1 N–H and O–H groups in total. The first-order valence-electron chi connectivity index (χ1n) is 7.80. The lowest BCUT2D eigenvalue weighted by Crippen LogP contribution is -2.25. The van der Waals surface area contributed by atoms with E-state index in [1.807, 2.05) is 19.0 Å². The fourth-order valence-corrected chi connectivity index (χ4v) is 3.08. The number of anilines is 2. The summed E-state index contributed by atoms with van der Waals surface area (Å²) >= 11 is 0. The molecule has 0 saturated carbocycles. The average molecular weight is 348 g/mol. The molecule has 0 bridgehead atoms. The van der Waals surface area contributed by atoms with Gasteiger partial charge in [0.2, 0.25) is 5.95 Å². The predicted molar refractivity (Wildman–Crippen MR) is 88.8 cm³/mol. The second-order valence-corrected chi connectivity index (χ2v) is 6.23. The summed E-state index contributed by atoms with van der Waals surface area (Å²) in [5.41, 5.74) is 0.195. The fraction of sp³-hybridized carbons (Fsp3) is 0.353. The Bertz CT molecular complexity index is 800. The molecule has 0 unspecified atom stereocenters. The second-order valence-electron chi connectivity index (χ2n) is 6.23. The molecule has 1 saturated heterocycles. The number of carboxylic acid groups (broad SMARTS) is 1. The largest absolute Gasteiger partial charge is 0.481 e. The molecular formula is C17H18F2N4O2. The van der Waals surface area contributed by atoms with Gasteiger partial charge in [0, 0.05) is 45.4 Å². The molecule has 1 aromatic carbocycles. The highest BCUT2D eigenvalue weighted by Crippen LogP contribution is 2.36. The van der Waals surface area contributed by atoms with Crippen LogP contribution in [0.3, 0.4) is 0 Å². The minimum atomic E-state index is -1.03. The van der Waals surface area contributed by atoms with Crippen molar-refractivity contribution >= 4 is 17.7 Å². The Balaban J connectivity index is 1.93. The van der Waals surface area contributed by atoms with E-state index < -0.39 is 29.4 Å². The molecule has 0 aliphatic carbocycles. The zero-order valence-electron chi connectivity index (χ0n) is 13.9. The Morgan fingerprint density at radius 3 is 2.68 bits per heavy atom. The van der Waals surface area contributed by atoms with Crippen molar-refractivity contribution in [3.63, 3.8) is 0 Å². The van der Waals surface area contributed by atoms with E-state index in [-0.39, 0.29) is 18.7 Å². The first kappa shape index (κ1) is 17.1. The number of hydrogen-bond acceptors (Lipinski definition) is 5. The van der Waals surface area contributed by atoms with E-state index in [0.717, 1.165) is 12.1 Å². The molecule has 6 nitrogen and oxygen atoms in total. The van der Waals surface area contributed by atoms with E-state index >= 15 is 0 Å². The fourth-order valence-electron chi connectivity index (χ4n) is 3.08. The predicted octanol–water partition coefficient (Wildman–Crippen LogP) is 2.13. The minimum Gasteiger partial charge on any atom is -0.481 e. The number of hydrogen-bond donors (Lipinski definition) is 1. The summed E-state index contributed by atoms with van der Waals surface area (Å²) < 4.78 is 27.3. The summed E-state index contributed by atoms with van der Waals surface area (Å²) in [4.78, 5) is 23.8. The van der Waals surface area contributed by atoms with E-state index in [2.05, 4.69) is 9.97 Å². The van der Waals surface area contributed by atoms with Crippen LogP contribution in [0.2, 0.25) is 0 Å². The molecule has 1 fully saturated rings. The molecule has 1 aliphatic heterocycles. The number of rotatable bonds is 4. The van der Waals surface area contributed by atoms with Gasteiger partial charge in [-0.15, -0.1) is 0 Å². The summed E-state index contributed by atoms with van der Waals surface area (Å²) in [6.07, 6.45) is 1.60. The van der Waals surface area contributed by atoms with Gasteiger partial charge in [0.25, 0.3) is 0 Å². The van der Waals surface area contributed by atoms with Crippen LogP contribution < -0.4 is 9.80 Å². The number of nitrogens with zero attached hydrogens (tertiary/aromatic N) is 4. The van der Waals surface area contributed by atoms with Gasteiger partial charge in [-0.3, -0.25) is 4.79 Å². The summed E-state index contributed by atoms with van der Waals surface area (Å²) in [7, 11) is 3.68. The van der Waals surface area contributed by atoms with Gasteiger partial charge >= 0.3 is 5.97 Å². The van der Waals surface area contributed by atoms with Gasteiger partial charge in [-0.25, -0.2) is 13.8 Å². The quantitative estimate of drug-likeness (QED) is 0.913. The van der Waals surface area contributed by atoms with Gasteiger partial charge in [-0.2, -0.15) is 4.98 Å². The Hall–Kier alpha value is -2.77. The van der Waals surface area contributed by atoms with Crippen molar-refractivity contribution in [2.24, 2.45) is 5.92 Å². The Morgan fingerprint density at radius 1 is 1.28 bits per heavy atom. The number of halogens is 2. The van der Waals surface area contributed by atoms with E-state index in [9.17, 15) is 18.7 Å². The molecule has 0 radical (unpaired) electrons. The molecular weight excluding hydrogens is 330 g/mol. The average Bonchev–Trinajstić information content (AvgIpc) is 3.00. The van der Waals surface area contributed by atoms with Crippen molar-refractivity contribution < 1.29 is 18.7 Å². The summed E-state index contributed by atoms with van der Waals surface area (Å²) in [5, 5.41) is 9.53. The number of carbonyl (C=O) groups is 1. The smallest absolute Gasteiger partial charge is 0.308 e. The first-order valence-corrected chi connectivity index (χ1v) is 7.80. The third-order valence-electron chi connectivity index (χ3n) is 4.37. The topological polar surface area (TPSA) is 69.6 Å². The lowest BCUT2D eigenvalue weighted by atomic mass is 9.88. The number of benzene rings is 1. The normalized spacial score (nSPS) is 19.9. The summed E-state index contributed by atoms with van der Waals surface area (Å²) in [5.74, 6) is -2.81. The van der Waals surface area contributed by atoms with Crippen molar-refractivity contribution in [3.05, 3.63) is 47.7 Å². The van der Waals surface area contributed by atoms with Crippen molar-refractivity contribution in [3.8, 4) is 0 Å². The zero-order valence-corrected chi connectivity index (χ0v) is 13.9. The van der Waals surface area contributed by atoms with Crippen molar-refractivity contribution in [2.45, 2.75) is 5.92 Å². The molecule has 25 heavy (non-hydrogen) atoms. The van der Waals surface area contributed by atoms with Crippen molar-refractivity contribution in [2.75, 3.05) is 37.0 Å². The lowest BCUT2D eigenvalue weighted by molar-refractivity contribution is -0.141. The van der Waals surface area contributed by atoms with Gasteiger partial charge in [-0.1, -0.05) is 6.07 Å². The SMILES string of the molecule is CN(C)c1ccnc(N2C[C@H](C(=O)O)[C@@H](c3ccc(F)cc3F)C2)n1. The maximum Gasteiger partial charge on any atom is 0.308 e. The third-order valence-corrected chi connectivity index (χ3v) is 4.37. The van der Waals surface area contributed by atoms with Crippen LogP contribution in [0.5, 0.6) is 0 Å². The number of aromatic nitrogens is 2. The van der Waals surface area contributed by atoms with Crippen LogP contribution in [0.4, 0.5) is 20.5 Å². The maximum absolute atomic E-state index is 14.1. The van der Waals surface area contributed by atoms with E-state index in [4.69, 9.17) is 0 Å². The molecule has 2 atom stereocenters. The van der Waals surface area contributed by atoms with E-state index in [0.29, 0.717) is 11.8 Å². The Morgan fingerprint density at radius 2 is 2.04 bits per heavy atom. The molecule has 1 aromatic heterocycles. The van der Waals surface area contributed by atoms with Crippen LogP contribution in [0.15, 0.2) is 30.5 Å². The second kappa shape index (κ2) is 6.62. The van der Waals surface area contributed by atoms with Crippen LogP contribution >= 0.6 is 0 Å². The number of carboxylic acids is 1. The molecule has 3 rings (SSSR count). The van der Waals surface area contributed by atoms with Crippen LogP contribution in [0.25, 0.3) is 0 Å². The third kappa shape index (κ3) is 3.38. The van der Waals surface area contributed by atoms with Gasteiger partial charge in [-0.05, 0) is 17.7 Å². The monoisotopic (exact) mass is 348 g/mol. The highest BCUT2D eigenvalue weighted by Gasteiger charge is 2.40. The van der Waals surface area contributed by atoms with E-state index in [1.54, 1.807) is 17.2 Å². The highest BCUT2D eigenvalue weighted by molar-refractivity contribution is 5.73. The summed E-state index contributed by atoms with van der Waals surface area (Å²) in [6, 6.07) is 4.97. The maximum atomic E-state index is 14.1. The highest BCUT2D eigenvalue weighted by atomic mass is 19.1. The summed E-state index contributed by atoms with van der Waals surface area (Å²) in [6.45, 7) is 0.407. The van der Waals surface area contributed by atoms with Gasteiger partial charge in [0.1, 0.15) is 17.5 Å². The van der Waals surface area contributed by atoms with Crippen molar-refractivity contribution in [1.29, 1.82) is 0 Å². The molecule has 132 valence electrons. The van der Waals surface area contributed by atoms with Crippen LogP contribution in [0.1, 0.15) is 11.5 Å². The van der Waals surface area contributed by atoms with Crippen LogP contribution in [0, 0.1) is 17.6 Å². The van der Waals surface area contributed by atoms with Gasteiger partial charge in [0.05, 0.1) is 5.92 Å². The standard InChI is InChI=1S/C17H18F2N4O2/c1-22(2)15-5-6-20-17(21-15)23-8-12(13(9-23)16(24)25)11-4-3-10(18)7-14(11)19/h3-7,12-13H,8-9H2,1-2H3,(H,24,25)/t12-,13+/m1/s1. The first-order chi connectivity index (χ1) is 11.9. The molecule has 1 aliphatic rings. The zero-order chi connectivity index (χ0) is 18.1. The van der Waals surface area contributed by atoms with Crippen LogP contribution in [-0.2, 0) is 4.79 Å². The Kier molecular flexibility index (Phi) is 4.52. The van der Waals surface area contributed by atoms with Gasteiger partial charge in [0.15, 0.2) is 0 Å². The number of aliphatic carboxylic acids is 1.